The highest BCUT2D eigenvalue weighted by molar-refractivity contribution is 7.98. The van der Waals surface area contributed by atoms with Gasteiger partial charge in [-0.25, -0.2) is 9.78 Å². The quantitative estimate of drug-likeness (QED) is 0.803. The van der Waals surface area contributed by atoms with Crippen LogP contribution in [-0.2, 0) is 0 Å². The Kier molecular flexibility index (Phi) is 4.42. The minimum Gasteiger partial charge on any atom is -0.478 e. The van der Waals surface area contributed by atoms with Gasteiger partial charge < -0.3 is 10.4 Å². The number of nitrogens with zero attached hydrogens (tertiary/aromatic N) is 1. The Hall–Kier alpha value is -1.23. The summed E-state index contributed by atoms with van der Waals surface area (Å²) in [6, 6.07) is 3.55. The van der Waals surface area contributed by atoms with E-state index in [9.17, 15) is 4.79 Å². The minimum absolute atomic E-state index is 0.207. The molecule has 1 atom stereocenters. The zero-order valence-electron chi connectivity index (χ0n) is 8.73. The Balaban J connectivity index is 2.60. The third-order valence-corrected chi connectivity index (χ3v) is 2.65. The second-order valence-electron chi connectivity index (χ2n) is 3.24. The van der Waals surface area contributed by atoms with E-state index in [0.717, 1.165) is 5.75 Å². The van der Waals surface area contributed by atoms with E-state index in [0.29, 0.717) is 11.9 Å². The standard InChI is InChI=1S/C10H14N2O2S/c1-7(6-15-2)12-9-4-3-8(5-11-9)10(13)14/h3-5,7H,6H2,1-2H3,(H,11,12)(H,13,14). The number of rotatable bonds is 5. The number of anilines is 1. The van der Waals surface area contributed by atoms with Gasteiger partial charge in [0.25, 0.3) is 0 Å². The Morgan fingerprint density at radius 2 is 2.40 bits per heavy atom. The lowest BCUT2D eigenvalue weighted by Gasteiger charge is -2.12. The summed E-state index contributed by atoms with van der Waals surface area (Å²) >= 11 is 1.75. The Morgan fingerprint density at radius 1 is 1.67 bits per heavy atom. The van der Waals surface area contributed by atoms with Crippen molar-refractivity contribution in [3.8, 4) is 0 Å². The number of aromatic carboxylic acids is 1. The average Bonchev–Trinajstić information content (AvgIpc) is 2.18. The van der Waals surface area contributed by atoms with Crippen LogP contribution in [0.2, 0.25) is 0 Å². The smallest absolute Gasteiger partial charge is 0.337 e. The van der Waals surface area contributed by atoms with Crippen molar-refractivity contribution in [2.45, 2.75) is 13.0 Å². The molecule has 0 fully saturated rings. The number of hydrogen-bond acceptors (Lipinski definition) is 4. The highest BCUT2D eigenvalue weighted by atomic mass is 32.2. The van der Waals surface area contributed by atoms with Crippen molar-refractivity contribution in [3.05, 3.63) is 23.9 Å². The first-order chi connectivity index (χ1) is 7.13. The van der Waals surface area contributed by atoms with E-state index in [1.807, 2.05) is 6.26 Å². The van der Waals surface area contributed by atoms with Crippen molar-refractivity contribution in [2.75, 3.05) is 17.3 Å². The number of carboxylic acids is 1. The lowest BCUT2D eigenvalue weighted by molar-refractivity contribution is 0.0696. The molecule has 15 heavy (non-hydrogen) atoms. The molecular weight excluding hydrogens is 212 g/mol. The van der Waals surface area contributed by atoms with E-state index in [4.69, 9.17) is 5.11 Å². The molecule has 1 unspecified atom stereocenters. The van der Waals surface area contributed by atoms with Gasteiger partial charge in [0.15, 0.2) is 0 Å². The van der Waals surface area contributed by atoms with E-state index in [2.05, 4.69) is 17.2 Å². The van der Waals surface area contributed by atoms with E-state index in [1.54, 1.807) is 23.9 Å². The maximum Gasteiger partial charge on any atom is 0.337 e. The molecule has 2 N–H and O–H groups in total. The van der Waals surface area contributed by atoms with Gasteiger partial charge in [-0.1, -0.05) is 0 Å². The van der Waals surface area contributed by atoms with E-state index in [1.165, 1.54) is 6.20 Å². The molecule has 1 aromatic rings. The Labute approximate surface area is 93.1 Å². The van der Waals surface area contributed by atoms with Crippen LogP contribution in [0.5, 0.6) is 0 Å². The fourth-order valence-electron chi connectivity index (χ4n) is 1.15. The second-order valence-corrected chi connectivity index (χ2v) is 4.15. The molecule has 0 aliphatic rings. The third kappa shape index (κ3) is 3.79. The van der Waals surface area contributed by atoms with Crippen molar-refractivity contribution >= 4 is 23.5 Å². The first-order valence-corrected chi connectivity index (χ1v) is 5.97. The highest BCUT2D eigenvalue weighted by Crippen LogP contribution is 2.08. The van der Waals surface area contributed by atoms with Crippen LogP contribution in [0.1, 0.15) is 17.3 Å². The van der Waals surface area contributed by atoms with Crippen molar-refractivity contribution in [1.82, 2.24) is 4.98 Å². The SMILES string of the molecule is CSCC(C)Nc1ccc(C(=O)O)cn1. The maximum absolute atomic E-state index is 10.6. The number of hydrogen-bond donors (Lipinski definition) is 2. The molecule has 0 aliphatic carbocycles. The van der Waals surface area contributed by atoms with Gasteiger partial charge >= 0.3 is 5.97 Å². The summed E-state index contributed by atoms with van der Waals surface area (Å²) in [4.78, 5) is 14.6. The molecule has 0 bridgehead atoms. The van der Waals surface area contributed by atoms with Crippen LogP contribution in [0.25, 0.3) is 0 Å². The molecule has 0 radical (unpaired) electrons. The van der Waals surface area contributed by atoms with Crippen molar-refractivity contribution in [3.63, 3.8) is 0 Å². The molecule has 1 aromatic heterocycles. The van der Waals surface area contributed by atoms with Crippen molar-refractivity contribution in [2.24, 2.45) is 0 Å². The van der Waals surface area contributed by atoms with Gasteiger partial charge in [-0.3, -0.25) is 0 Å². The van der Waals surface area contributed by atoms with Gasteiger partial charge in [0.2, 0.25) is 0 Å². The van der Waals surface area contributed by atoms with Crippen LogP contribution in [0.3, 0.4) is 0 Å². The summed E-state index contributed by atoms with van der Waals surface area (Å²) in [5.41, 5.74) is 0.207. The number of nitrogens with one attached hydrogen (secondary N) is 1. The average molecular weight is 226 g/mol. The number of carboxylic acid groups (broad SMARTS) is 1. The fourth-order valence-corrected chi connectivity index (χ4v) is 1.73. The van der Waals surface area contributed by atoms with Gasteiger partial charge in [0, 0.05) is 18.0 Å². The summed E-state index contributed by atoms with van der Waals surface area (Å²) in [5.74, 6) is 0.746. The van der Waals surface area contributed by atoms with Crippen LogP contribution < -0.4 is 5.32 Å². The van der Waals surface area contributed by atoms with Gasteiger partial charge in [0.05, 0.1) is 5.56 Å². The Bertz CT molecular complexity index is 327. The second kappa shape index (κ2) is 5.60. The van der Waals surface area contributed by atoms with Gasteiger partial charge in [-0.05, 0) is 25.3 Å². The first kappa shape index (κ1) is 11.8. The van der Waals surface area contributed by atoms with Crippen molar-refractivity contribution < 1.29 is 9.90 Å². The molecule has 0 saturated heterocycles. The highest BCUT2D eigenvalue weighted by Gasteiger charge is 2.04. The van der Waals surface area contributed by atoms with E-state index >= 15 is 0 Å². The normalized spacial score (nSPS) is 12.1. The van der Waals surface area contributed by atoms with Crippen LogP contribution >= 0.6 is 11.8 Å². The fraction of sp³-hybridized carbons (Fsp3) is 0.400. The molecule has 0 aliphatic heterocycles. The molecular formula is C10H14N2O2S. The molecule has 1 rings (SSSR count). The number of carbonyl (C=O) groups is 1. The molecule has 4 nitrogen and oxygen atoms in total. The summed E-state index contributed by atoms with van der Waals surface area (Å²) in [5, 5.41) is 11.9. The van der Waals surface area contributed by atoms with Gasteiger partial charge in [-0.15, -0.1) is 0 Å². The van der Waals surface area contributed by atoms with Gasteiger partial charge in [-0.2, -0.15) is 11.8 Å². The third-order valence-electron chi connectivity index (χ3n) is 1.82. The maximum atomic E-state index is 10.6. The summed E-state index contributed by atoms with van der Waals surface area (Å²) < 4.78 is 0. The minimum atomic E-state index is -0.953. The van der Waals surface area contributed by atoms with Crippen LogP contribution in [-0.4, -0.2) is 34.1 Å². The lowest BCUT2D eigenvalue weighted by Crippen LogP contribution is -2.18. The summed E-state index contributed by atoms with van der Waals surface area (Å²) in [6.45, 7) is 2.06. The van der Waals surface area contributed by atoms with Crippen LogP contribution in [0, 0.1) is 0 Å². The molecule has 0 saturated carbocycles. The summed E-state index contributed by atoms with van der Waals surface area (Å²) in [6.07, 6.45) is 3.40. The molecule has 82 valence electrons. The predicted octanol–water partition coefficient (Wildman–Crippen LogP) is 1.94. The number of pyridine rings is 1. The zero-order valence-corrected chi connectivity index (χ0v) is 9.54. The van der Waals surface area contributed by atoms with Crippen molar-refractivity contribution in [1.29, 1.82) is 0 Å². The molecule has 0 aromatic carbocycles. The molecule has 1 heterocycles. The zero-order chi connectivity index (χ0) is 11.3. The van der Waals surface area contributed by atoms with E-state index in [-0.39, 0.29) is 5.56 Å². The summed E-state index contributed by atoms with van der Waals surface area (Å²) in [7, 11) is 0. The predicted molar refractivity (Wildman–Crippen MR) is 62.7 cm³/mol. The van der Waals surface area contributed by atoms with Crippen LogP contribution in [0.4, 0.5) is 5.82 Å². The monoisotopic (exact) mass is 226 g/mol. The lowest BCUT2D eigenvalue weighted by atomic mass is 10.3. The van der Waals surface area contributed by atoms with Crippen LogP contribution in [0.15, 0.2) is 18.3 Å². The molecule has 0 amide bonds. The first-order valence-electron chi connectivity index (χ1n) is 4.58. The van der Waals surface area contributed by atoms with E-state index < -0.39 is 5.97 Å². The number of thioether (sulfide) groups is 1. The molecule has 0 spiro atoms. The topological polar surface area (TPSA) is 62.2 Å². The largest absolute Gasteiger partial charge is 0.478 e. The number of aromatic nitrogens is 1. The molecule has 5 heteroatoms. The Morgan fingerprint density at radius 3 is 2.87 bits per heavy atom. The van der Waals surface area contributed by atoms with Gasteiger partial charge in [0.1, 0.15) is 5.82 Å².